The maximum absolute atomic E-state index is 12.1. The fourth-order valence-corrected chi connectivity index (χ4v) is 3.96. The third-order valence-corrected chi connectivity index (χ3v) is 5.75. The van der Waals surface area contributed by atoms with Crippen molar-refractivity contribution in [3.63, 3.8) is 0 Å². The van der Waals surface area contributed by atoms with Gasteiger partial charge in [0.05, 0.1) is 12.4 Å². The molecule has 20 heavy (non-hydrogen) atoms. The molecule has 1 aliphatic heterocycles. The number of rotatable bonds is 4. The topological polar surface area (TPSA) is 86.7 Å². The minimum Gasteiger partial charge on any atom is -0.393 e. The van der Waals surface area contributed by atoms with Gasteiger partial charge in [-0.1, -0.05) is 6.42 Å². The van der Waals surface area contributed by atoms with E-state index >= 15 is 0 Å². The van der Waals surface area contributed by atoms with Gasteiger partial charge in [-0.15, -0.1) is 0 Å². The predicted molar refractivity (Wildman–Crippen MR) is 75.5 cm³/mol. The first-order valence-electron chi connectivity index (χ1n) is 7.29. The van der Waals surface area contributed by atoms with Crippen LogP contribution in [0.15, 0.2) is 0 Å². The van der Waals surface area contributed by atoms with E-state index in [1.165, 1.54) is 10.6 Å². The number of aliphatic hydroxyl groups excluding tert-OH is 1. The normalized spacial score (nSPS) is 29.5. The number of hydrogen-bond donors (Lipinski definition) is 2. The van der Waals surface area contributed by atoms with Crippen LogP contribution in [0, 0.1) is 11.8 Å². The van der Waals surface area contributed by atoms with Crippen LogP contribution in [0.2, 0.25) is 0 Å². The highest BCUT2D eigenvalue weighted by atomic mass is 32.2. The number of carbonyl (C=O) groups excluding carboxylic acids is 1. The van der Waals surface area contributed by atoms with E-state index in [1.807, 2.05) is 0 Å². The van der Waals surface area contributed by atoms with E-state index in [2.05, 4.69) is 5.32 Å². The molecule has 1 aliphatic carbocycles. The molecule has 0 bridgehead atoms. The van der Waals surface area contributed by atoms with Gasteiger partial charge in [0.25, 0.3) is 0 Å². The van der Waals surface area contributed by atoms with Gasteiger partial charge >= 0.3 is 0 Å². The highest BCUT2D eigenvalue weighted by Crippen LogP contribution is 2.25. The molecule has 2 atom stereocenters. The first-order valence-corrected chi connectivity index (χ1v) is 9.13. The van der Waals surface area contributed by atoms with Gasteiger partial charge in [-0.2, -0.15) is 0 Å². The summed E-state index contributed by atoms with van der Waals surface area (Å²) in [5.74, 6) is 0.0684. The van der Waals surface area contributed by atoms with E-state index < -0.39 is 10.0 Å². The van der Waals surface area contributed by atoms with Gasteiger partial charge in [0, 0.05) is 31.5 Å². The van der Waals surface area contributed by atoms with Crippen molar-refractivity contribution < 1.29 is 18.3 Å². The Bertz CT molecular complexity index is 443. The van der Waals surface area contributed by atoms with Crippen LogP contribution in [0.5, 0.6) is 0 Å². The van der Waals surface area contributed by atoms with E-state index in [1.54, 1.807) is 0 Å². The first-order chi connectivity index (χ1) is 9.38. The van der Waals surface area contributed by atoms with E-state index in [-0.39, 0.29) is 23.8 Å². The molecule has 2 fully saturated rings. The Balaban J connectivity index is 1.74. The Hall–Kier alpha value is -0.660. The second-order valence-electron chi connectivity index (χ2n) is 5.94. The lowest BCUT2D eigenvalue weighted by molar-refractivity contribution is -0.126. The minimum absolute atomic E-state index is 0.00255. The van der Waals surface area contributed by atoms with Crippen molar-refractivity contribution in [1.82, 2.24) is 9.62 Å². The van der Waals surface area contributed by atoms with E-state index in [9.17, 15) is 18.3 Å². The van der Waals surface area contributed by atoms with E-state index in [0.717, 1.165) is 19.3 Å². The number of nitrogens with zero attached hydrogens (tertiary/aromatic N) is 1. The van der Waals surface area contributed by atoms with Crippen LogP contribution >= 0.6 is 0 Å². The fraction of sp³-hybridized carbons (Fsp3) is 0.923. The summed E-state index contributed by atoms with van der Waals surface area (Å²) in [5.41, 5.74) is 0. The lowest BCUT2D eigenvalue weighted by atomic mass is 9.96. The Morgan fingerprint density at radius 1 is 1.25 bits per heavy atom. The zero-order chi connectivity index (χ0) is 14.8. The summed E-state index contributed by atoms with van der Waals surface area (Å²) in [7, 11) is -3.14. The standard InChI is InChI=1S/C13H24N2O4S/c1-20(18,19)15-7-5-10(6-8-15)13(17)14-9-11-3-2-4-12(11)16/h10-12,16H,2-9H2,1H3,(H,14,17). The van der Waals surface area contributed by atoms with Crippen LogP contribution in [0.25, 0.3) is 0 Å². The van der Waals surface area contributed by atoms with Crippen LogP contribution in [0.1, 0.15) is 32.1 Å². The molecule has 0 aromatic rings. The van der Waals surface area contributed by atoms with Crippen LogP contribution in [-0.4, -0.2) is 55.7 Å². The second kappa shape index (κ2) is 6.41. The zero-order valence-corrected chi connectivity index (χ0v) is 12.7. The molecule has 2 aliphatic rings. The smallest absolute Gasteiger partial charge is 0.223 e. The summed E-state index contributed by atoms with van der Waals surface area (Å²) in [5, 5.41) is 12.6. The van der Waals surface area contributed by atoms with Gasteiger partial charge in [-0.3, -0.25) is 4.79 Å². The summed E-state index contributed by atoms with van der Waals surface area (Å²) < 4.78 is 24.2. The number of sulfonamides is 1. The maximum Gasteiger partial charge on any atom is 0.223 e. The van der Waals surface area contributed by atoms with Crippen molar-refractivity contribution in [3.8, 4) is 0 Å². The summed E-state index contributed by atoms with van der Waals surface area (Å²) in [6, 6.07) is 0. The van der Waals surface area contributed by atoms with Crippen LogP contribution in [0.3, 0.4) is 0 Å². The third-order valence-electron chi connectivity index (χ3n) is 4.45. The SMILES string of the molecule is CS(=O)(=O)N1CCC(C(=O)NCC2CCCC2O)CC1. The number of aliphatic hydroxyl groups is 1. The second-order valence-corrected chi connectivity index (χ2v) is 7.92. The lowest BCUT2D eigenvalue weighted by Crippen LogP contribution is -2.43. The monoisotopic (exact) mass is 304 g/mol. The zero-order valence-electron chi connectivity index (χ0n) is 11.9. The molecular weight excluding hydrogens is 280 g/mol. The highest BCUT2D eigenvalue weighted by Gasteiger charge is 2.30. The van der Waals surface area contributed by atoms with Gasteiger partial charge in [0.1, 0.15) is 0 Å². The van der Waals surface area contributed by atoms with Gasteiger partial charge in [0.15, 0.2) is 0 Å². The molecule has 1 saturated carbocycles. The molecule has 0 spiro atoms. The van der Waals surface area contributed by atoms with Gasteiger partial charge in [0.2, 0.25) is 15.9 Å². The van der Waals surface area contributed by atoms with Crippen LogP contribution in [-0.2, 0) is 14.8 Å². The Labute approximate surface area is 120 Å². The predicted octanol–water partition coefficient (Wildman–Crippen LogP) is -0.0648. The third kappa shape index (κ3) is 3.93. The van der Waals surface area contributed by atoms with Crippen molar-refractivity contribution in [2.75, 3.05) is 25.9 Å². The summed E-state index contributed by atoms with van der Waals surface area (Å²) in [4.78, 5) is 12.1. The first kappa shape index (κ1) is 15.7. The fourth-order valence-electron chi connectivity index (χ4n) is 3.08. The molecule has 6 nitrogen and oxygen atoms in total. The van der Waals surface area contributed by atoms with Crippen molar-refractivity contribution >= 4 is 15.9 Å². The number of piperidine rings is 1. The minimum atomic E-state index is -3.14. The molecular formula is C13H24N2O4S. The average molecular weight is 304 g/mol. The maximum atomic E-state index is 12.1. The molecule has 0 radical (unpaired) electrons. The Kier molecular flexibility index (Phi) is 5.04. The quantitative estimate of drug-likeness (QED) is 0.761. The van der Waals surface area contributed by atoms with E-state index in [4.69, 9.17) is 0 Å². The Morgan fingerprint density at radius 2 is 1.90 bits per heavy atom. The molecule has 116 valence electrons. The number of hydrogen-bond acceptors (Lipinski definition) is 4. The van der Waals surface area contributed by atoms with E-state index in [0.29, 0.717) is 32.5 Å². The molecule has 0 aromatic heterocycles. The van der Waals surface area contributed by atoms with Crippen molar-refractivity contribution in [2.45, 2.75) is 38.2 Å². The van der Waals surface area contributed by atoms with Crippen molar-refractivity contribution in [3.05, 3.63) is 0 Å². The number of amides is 1. The van der Waals surface area contributed by atoms with Gasteiger partial charge in [-0.05, 0) is 25.7 Å². The molecule has 2 unspecified atom stereocenters. The molecule has 1 amide bonds. The molecule has 0 aromatic carbocycles. The largest absolute Gasteiger partial charge is 0.393 e. The Morgan fingerprint density at radius 3 is 2.40 bits per heavy atom. The molecule has 2 N–H and O–H groups in total. The van der Waals surface area contributed by atoms with Gasteiger partial charge in [-0.25, -0.2) is 12.7 Å². The summed E-state index contributed by atoms with van der Waals surface area (Å²) in [6.07, 6.45) is 4.88. The summed E-state index contributed by atoms with van der Waals surface area (Å²) >= 11 is 0. The number of carbonyl (C=O) groups is 1. The molecule has 2 rings (SSSR count). The number of nitrogens with one attached hydrogen (secondary N) is 1. The average Bonchev–Trinajstić information content (AvgIpc) is 2.81. The molecule has 1 saturated heterocycles. The van der Waals surface area contributed by atoms with Crippen molar-refractivity contribution in [1.29, 1.82) is 0 Å². The molecule has 7 heteroatoms. The van der Waals surface area contributed by atoms with Crippen molar-refractivity contribution in [2.24, 2.45) is 11.8 Å². The van der Waals surface area contributed by atoms with Crippen LogP contribution < -0.4 is 5.32 Å². The molecule has 1 heterocycles. The van der Waals surface area contributed by atoms with Gasteiger partial charge < -0.3 is 10.4 Å². The lowest BCUT2D eigenvalue weighted by Gasteiger charge is -2.29. The highest BCUT2D eigenvalue weighted by molar-refractivity contribution is 7.88. The summed E-state index contributed by atoms with van der Waals surface area (Å²) in [6.45, 7) is 1.37. The van der Waals surface area contributed by atoms with Crippen LogP contribution in [0.4, 0.5) is 0 Å².